The monoisotopic (exact) mass is 378 g/mol. The molecule has 0 amide bonds. The first kappa shape index (κ1) is 17.1. The molecular formula is C19H22N8O. The average molecular weight is 378 g/mol. The summed E-state index contributed by atoms with van der Waals surface area (Å²) in [6, 6.07) is 2.23. The summed E-state index contributed by atoms with van der Waals surface area (Å²) >= 11 is 0. The van der Waals surface area contributed by atoms with Crippen LogP contribution in [0.2, 0.25) is 0 Å². The molecule has 28 heavy (non-hydrogen) atoms. The summed E-state index contributed by atoms with van der Waals surface area (Å²) < 4.78 is 3.73. The van der Waals surface area contributed by atoms with Gasteiger partial charge >= 0.3 is 0 Å². The molecule has 0 spiro atoms. The minimum Gasteiger partial charge on any atom is -0.393 e. The number of rotatable bonds is 3. The number of aliphatic hydroxyl groups excluding tert-OH is 1. The number of pyridine rings is 1. The number of aliphatic hydroxyl groups is 1. The third-order valence-electron chi connectivity index (χ3n) is 5.51. The maximum Gasteiger partial charge on any atom is 0.229 e. The van der Waals surface area contributed by atoms with Crippen molar-refractivity contribution in [2.75, 3.05) is 5.32 Å². The van der Waals surface area contributed by atoms with Gasteiger partial charge in [-0.1, -0.05) is 0 Å². The van der Waals surface area contributed by atoms with Gasteiger partial charge in [-0.2, -0.15) is 15.2 Å². The number of nitrogens with zero attached hydrogens (tertiary/aromatic N) is 7. The number of hydrogen-bond donors (Lipinski definition) is 2. The molecule has 1 aliphatic carbocycles. The second-order valence-corrected chi connectivity index (χ2v) is 7.48. The third-order valence-corrected chi connectivity index (χ3v) is 5.51. The van der Waals surface area contributed by atoms with Crippen LogP contribution in [0.25, 0.3) is 16.7 Å². The zero-order valence-electron chi connectivity index (χ0n) is 15.9. The van der Waals surface area contributed by atoms with Gasteiger partial charge in [0.05, 0.1) is 35.1 Å². The fourth-order valence-electron chi connectivity index (χ4n) is 3.89. The molecule has 0 saturated heterocycles. The largest absolute Gasteiger partial charge is 0.393 e. The third kappa shape index (κ3) is 2.88. The molecule has 0 aliphatic heterocycles. The lowest BCUT2D eigenvalue weighted by Gasteiger charge is -2.25. The van der Waals surface area contributed by atoms with Crippen molar-refractivity contribution < 1.29 is 5.11 Å². The van der Waals surface area contributed by atoms with E-state index in [2.05, 4.69) is 20.4 Å². The first-order valence-corrected chi connectivity index (χ1v) is 9.55. The fraction of sp³-hybridized carbons (Fsp3) is 0.421. The highest BCUT2D eigenvalue weighted by atomic mass is 16.3. The lowest BCUT2D eigenvalue weighted by Crippen LogP contribution is -2.22. The Morgan fingerprint density at radius 1 is 1.14 bits per heavy atom. The Labute approximate surface area is 161 Å². The van der Waals surface area contributed by atoms with Crippen LogP contribution in [0, 0.1) is 13.8 Å². The topological polar surface area (TPSA) is 106 Å². The molecule has 0 bridgehead atoms. The maximum absolute atomic E-state index is 9.81. The smallest absolute Gasteiger partial charge is 0.229 e. The Morgan fingerprint density at radius 3 is 2.79 bits per heavy atom. The number of anilines is 2. The van der Waals surface area contributed by atoms with Crippen LogP contribution >= 0.6 is 0 Å². The summed E-state index contributed by atoms with van der Waals surface area (Å²) in [5.41, 5.74) is 4.47. The molecule has 0 aromatic carbocycles. The van der Waals surface area contributed by atoms with Gasteiger partial charge in [-0.05, 0) is 51.2 Å². The van der Waals surface area contributed by atoms with Gasteiger partial charge in [-0.15, -0.1) is 0 Å². The molecule has 0 radical (unpaired) electrons. The molecule has 144 valence electrons. The standard InChI is InChI=1S/C19H22N8O/c1-11-7-17-21-10-22-26(17)9-16(11)23-19-20-8-15-12(2)25-27(18(15)24-19)13-3-5-14(28)6-4-13/h7-10,13-14,28H,3-6H2,1-2H3,(H,20,23,24)/t13-,14+. The fourth-order valence-corrected chi connectivity index (χ4v) is 3.89. The highest BCUT2D eigenvalue weighted by molar-refractivity contribution is 5.79. The minimum absolute atomic E-state index is 0.194. The number of fused-ring (bicyclic) bond motifs is 2. The molecule has 0 unspecified atom stereocenters. The second-order valence-electron chi connectivity index (χ2n) is 7.48. The molecule has 9 heteroatoms. The van der Waals surface area contributed by atoms with E-state index in [9.17, 15) is 5.11 Å². The van der Waals surface area contributed by atoms with E-state index in [4.69, 9.17) is 10.1 Å². The summed E-state index contributed by atoms with van der Waals surface area (Å²) in [5.74, 6) is 0.520. The first-order valence-electron chi connectivity index (χ1n) is 9.55. The predicted molar refractivity (Wildman–Crippen MR) is 105 cm³/mol. The Balaban J connectivity index is 1.51. The molecule has 4 aromatic heterocycles. The van der Waals surface area contributed by atoms with Gasteiger partial charge in [-0.3, -0.25) is 0 Å². The summed E-state index contributed by atoms with van der Waals surface area (Å²) in [5, 5.41) is 23.0. The van der Waals surface area contributed by atoms with E-state index < -0.39 is 0 Å². The van der Waals surface area contributed by atoms with E-state index in [1.54, 1.807) is 4.52 Å². The summed E-state index contributed by atoms with van der Waals surface area (Å²) in [6.45, 7) is 3.99. The highest BCUT2D eigenvalue weighted by Gasteiger charge is 2.24. The molecule has 4 heterocycles. The van der Waals surface area contributed by atoms with Crippen molar-refractivity contribution in [1.82, 2.24) is 34.3 Å². The molecule has 9 nitrogen and oxygen atoms in total. The van der Waals surface area contributed by atoms with E-state index in [1.165, 1.54) is 6.33 Å². The van der Waals surface area contributed by atoms with Gasteiger partial charge in [0.15, 0.2) is 11.3 Å². The van der Waals surface area contributed by atoms with E-state index in [-0.39, 0.29) is 12.1 Å². The van der Waals surface area contributed by atoms with Crippen LogP contribution in [0.3, 0.4) is 0 Å². The Bertz CT molecular complexity index is 1160. The van der Waals surface area contributed by atoms with Crippen molar-refractivity contribution in [2.24, 2.45) is 0 Å². The van der Waals surface area contributed by atoms with Crippen LogP contribution in [0.1, 0.15) is 43.0 Å². The first-order chi connectivity index (χ1) is 13.6. The molecular weight excluding hydrogens is 356 g/mol. The number of aromatic nitrogens is 7. The van der Waals surface area contributed by atoms with E-state index in [0.29, 0.717) is 5.95 Å². The lowest BCUT2D eigenvalue weighted by molar-refractivity contribution is 0.109. The van der Waals surface area contributed by atoms with Gasteiger partial charge in [-0.25, -0.2) is 19.2 Å². The van der Waals surface area contributed by atoms with Crippen molar-refractivity contribution in [1.29, 1.82) is 0 Å². The summed E-state index contributed by atoms with van der Waals surface area (Å²) in [4.78, 5) is 13.4. The van der Waals surface area contributed by atoms with Gasteiger partial charge in [0.2, 0.25) is 5.95 Å². The average Bonchev–Trinajstić information content (AvgIpc) is 3.27. The van der Waals surface area contributed by atoms with Crippen LogP contribution in [0.15, 0.2) is 24.8 Å². The van der Waals surface area contributed by atoms with Gasteiger partial charge < -0.3 is 10.4 Å². The molecule has 1 aliphatic rings. The Morgan fingerprint density at radius 2 is 1.96 bits per heavy atom. The van der Waals surface area contributed by atoms with Crippen molar-refractivity contribution in [3.63, 3.8) is 0 Å². The Kier molecular flexibility index (Phi) is 3.97. The molecule has 0 atom stereocenters. The number of hydrogen-bond acceptors (Lipinski definition) is 7. The van der Waals surface area contributed by atoms with E-state index >= 15 is 0 Å². The lowest BCUT2D eigenvalue weighted by atomic mass is 9.93. The zero-order chi connectivity index (χ0) is 19.3. The Hall–Kier alpha value is -3.07. The minimum atomic E-state index is -0.194. The number of nitrogens with one attached hydrogen (secondary N) is 1. The van der Waals surface area contributed by atoms with Crippen LogP contribution in [-0.2, 0) is 0 Å². The number of aryl methyl sites for hydroxylation is 2. The van der Waals surface area contributed by atoms with Crippen LogP contribution < -0.4 is 5.32 Å². The van der Waals surface area contributed by atoms with E-state index in [1.807, 2.05) is 37.0 Å². The predicted octanol–water partition coefficient (Wildman–Crippen LogP) is 2.71. The van der Waals surface area contributed by atoms with Gasteiger partial charge in [0.25, 0.3) is 0 Å². The molecule has 4 aromatic rings. The summed E-state index contributed by atoms with van der Waals surface area (Å²) in [7, 11) is 0. The second kappa shape index (κ2) is 6.52. The zero-order valence-corrected chi connectivity index (χ0v) is 15.9. The van der Waals surface area contributed by atoms with Crippen LogP contribution in [0.4, 0.5) is 11.6 Å². The van der Waals surface area contributed by atoms with Crippen LogP contribution in [-0.4, -0.2) is 45.6 Å². The van der Waals surface area contributed by atoms with Gasteiger partial charge in [0.1, 0.15) is 6.33 Å². The van der Waals surface area contributed by atoms with Crippen molar-refractivity contribution in [2.45, 2.75) is 51.7 Å². The SMILES string of the molecule is Cc1cc2ncnn2cc1Nc1ncc2c(C)nn([C@H]3CC[C@@H](O)CC3)c2n1. The van der Waals surface area contributed by atoms with Crippen molar-refractivity contribution in [3.8, 4) is 0 Å². The van der Waals surface area contributed by atoms with Crippen LogP contribution in [0.5, 0.6) is 0 Å². The normalized spacial score (nSPS) is 20.1. The quantitative estimate of drug-likeness (QED) is 0.564. The molecule has 5 rings (SSSR count). The van der Waals surface area contributed by atoms with Gasteiger partial charge in [0, 0.05) is 6.20 Å². The summed E-state index contributed by atoms with van der Waals surface area (Å²) in [6.07, 6.45) is 8.47. The molecule has 2 N–H and O–H groups in total. The highest BCUT2D eigenvalue weighted by Crippen LogP contribution is 2.31. The molecule has 1 fully saturated rings. The van der Waals surface area contributed by atoms with E-state index in [0.717, 1.165) is 59.3 Å². The van der Waals surface area contributed by atoms with Crippen molar-refractivity contribution >= 4 is 28.3 Å². The maximum atomic E-state index is 9.81. The molecule has 1 saturated carbocycles. The van der Waals surface area contributed by atoms with Crippen molar-refractivity contribution in [3.05, 3.63) is 36.0 Å².